The lowest BCUT2D eigenvalue weighted by atomic mass is 10.0. The topological polar surface area (TPSA) is 101 Å². The fourth-order valence-corrected chi connectivity index (χ4v) is 3.49. The molecule has 0 spiro atoms. The Morgan fingerprint density at radius 2 is 0.966 bits per heavy atom. The van der Waals surface area contributed by atoms with E-state index in [4.69, 9.17) is 14.2 Å². The predicted molar refractivity (Wildman–Crippen MR) is 104 cm³/mol. The number of aromatic nitrogens is 6. The highest BCUT2D eigenvalue weighted by atomic mass is 16.5. The molecular weight excluding hydrogens is 376 g/mol. The number of hydrogen-bond acceptors (Lipinski definition) is 7. The van der Waals surface area contributed by atoms with Crippen molar-refractivity contribution in [2.24, 2.45) is 21.1 Å². The smallest absolute Gasteiger partial charge is 0.239 e. The molecule has 0 aliphatic carbocycles. The van der Waals surface area contributed by atoms with E-state index >= 15 is 0 Å². The molecule has 0 saturated heterocycles. The summed E-state index contributed by atoms with van der Waals surface area (Å²) in [6, 6.07) is 0. The number of hydrogen-bond donors (Lipinski definition) is 1. The fourth-order valence-electron chi connectivity index (χ4n) is 3.49. The van der Waals surface area contributed by atoms with Gasteiger partial charge < -0.3 is 33.0 Å². The van der Waals surface area contributed by atoms with Gasteiger partial charge in [0, 0.05) is 42.5 Å². The maximum Gasteiger partial charge on any atom is 0.239 e. The van der Waals surface area contributed by atoms with E-state index in [9.17, 15) is 5.11 Å². The van der Waals surface area contributed by atoms with Gasteiger partial charge in [-0.2, -0.15) is 0 Å². The molecule has 3 rings (SSSR count). The Bertz CT molecular complexity index is 851. The van der Waals surface area contributed by atoms with Crippen LogP contribution in [0, 0.1) is 0 Å². The zero-order valence-corrected chi connectivity index (χ0v) is 17.7. The second-order valence-electron chi connectivity index (χ2n) is 6.91. The van der Waals surface area contributed by atoms with Gasteiger partial charge in [0.25, 0.3) is 0 Å². The van der Waals surface area contributed by atoms with Crippen LogP contribution in [-0.2, 0) is 60.8 Å². The minimum atomic E-state index is -1.71. The van der Waals surface area contributed by atoms with E-state index in [0.717, 1.165) is 17.1 Å². The molecule has 3 aromatic rings. The van der Waals surface area contributed by atoms with Gasteiger partial charge in [0.1, 0.15) is 0 Å². The van der Waals surface area contributed by atoms with Crippen LogP contribution in [0.2, 0.25) is 0 Å². The van der Waals surface area contributed by atoms with Gasteiger partial charge in [0.2, 0.25) is 5.60 Å². The van der Waals surface area contributed by atoms with E-state index < -0.39 is 5.60 Å². The highest BCUT2D eigenvalue weighted by Crippen LogP contribution is 2.35. The Balaban J connectivity index is 2.25. The minimum Gasteiger partial charge on any atom is -0.378 e. The van der Waals surface area contributed by atoms with E-state index in [2.05, 4.69) is 15.0 Å². The molecule has 10 heteroatoms. The van der Waals surface area contributed by atoms with Crippen molar-refractivity contribution in [2.75, 3.05) is 21.3 Å². The van der Waals surface area contributed by atoms with Gasteiger partial charge >= 0.3 is 0 Å². The molecule has 29 heavy (non-hydrogen) atoms. The van der Waals surface area contributed by atoms with Gasteiger partial charge in [0.05, 0.1) is 55.5 Å². The van der Waals surface area contributed by atoms with Crippen molar-refractivity contribution in [3.8, 4) is 0 Å². The first-order chi connectivity index (χ1) is 13.9. The van der Waals surface area contributed by atoms with E-state index in [1.54, 1.807) is 53.6 Å². The third-order valence-corrected chi connectivity index (χ3v) is 5.10. The van der Waals surface area contributed by atoms with Crippen LogP contribution in [0.5, 0.6) is 0 Å². The number of imidazole rings is 3. The van der Waals surface area contributed by atoms with Crippen LogP contribution in [0.4, 0.5) is 0 Å². The van der Waals surface area contributed by atoms with Crippen molar-refractivity contribution in [2.45, 2.75) is 25.4 Å². The molecular formula is C19H28N6O4. The van der Waals surface area contributed by atoms with Crippen LogP contribution in [0.25, 0.3) is 0 Å². The van der Waals surface area contributed by atoms with Crippen molar-refractivity contribution >= 4 is 0 Å². The highest BCUT2D eigenvalue weighted by Gasteiger charge is 2.46. The predicted octanol–water partition coefficient (Wildman–Crippen LogP) is 0.610. The summed E-state index contributed by atoms with van der Waals surface area (Å²) in [6.07, 6.45) is 5.05. The van der Waals surface area contributed by atoms with Gasteiger partial charge in [-0.25, -0.2) is 15.0 Å². The zero-order valence-electron chi connectivity index (χ0n) is 17.7. The summed E-state index contributed by atoms with van der Waals surface area (Å²) >= 11 is 0. The van der Waals surface area contributed by atoms with Crippen LogP contribution in [0.15, 0.2) is 18.6 Å². The maximum atomic E-state index is 12.1. The molecule has 3 aromatic heterocycles. The molecule has 0 aliphatic rings. The summed E-state index contributed by atoms with van der Waals surface area (Å²) in [5.41, 5.74) is 0.748. The summed E-state index contributed by atoms with van der Waals surface area (Å²) in [6.45, 7) is 1.10. The third-order valence-electron chi connectivity index (χ3n) is 5.10. The molecule has 0 saturated carbocycles. The summed E-state index contributed by atoms with van der Waals surface area (Å²) in [4.78, 5) is 13.5. The van der Waals surface area contributed by atoms with E-state index in [1.165, 1.54) is 0 Å². The largest absolute Gasteiger partial charge is 0.378 e. The molecule has 3 heterocycles. The molecule has 0 aliphatic heterocycles. The van der Waals surface area contributed by atoms with E-state index in [0.29, 0.717) is 37.3 Å². The molecule has 0 atom stereocenters. The van der Waals surface area contributed by atoms with Crippen LogP contribution in [0.3, 0.4) is 0 Å². The summed E-state index contributed by atoms with van der Waals surface area (Å²) in [5.74, 6) is 1.17. The number of ether oxygens (including phenoxy) is 3. The lowest BCUT2D eigenvalue weighted by Gasteiger charge is -2.27. The zero-order chi connectivity index (χ0) is 21.2. The monoisotopic (exact) mass is 404 g/mol. The molecule has 0 amide bonds. The molecule has 1 N–H and O–H groups in total. The van der Waals surface area contributed by atoms with Crippen LogP contribution < -0.4 is 0 Å². The van der Waals surface area contributed by atoms with Crippen LogP contribution in [-0.4, -0.2) is 55.1 Å². The van der Waals surface area contributed by atoms with Crippen molar-refractivity contribution < 1.29 is 19.3 Å². The summed E-state index contributed by atoms with van der Waals surface area (Å²) in [7, 11) is 10.3. The summed E-state index contributed by atoms with van der Waals surface area (Å²) in [5, 5.41) is 12.1. The standard InChI is InChI=1S/C19H28N6O4/c1-23-13(10-27-4)7-20-16(23)19(26,17-21-8-14(11-28-5)24(17)2)18-22-9-15(12-29-6)25(18)3/h7-9,26H,10-12H2,1-6H3. The second kappa shape index (κ2) is 8.46. The molecule has 0 bridgehead atoms. The Kier molecular flexibility index (Phi) is 6.18. The lowest BCUT2D eigenvalue weighted by molar-refractivity contribution is 0.0838. The normalized spacial score (nSPS) is 12.1. The highest BCUT2D eigenvalue weighted by molar-refractivity contribution is 5.33. The lowest BCUT2D eigenvalue weighted by Crippen LogP contribution is -2.38. The molecule has 0 fully saturated rings. The SMILES string of the molecule is COCc1cnc(C(O)(c2ncc(COC)n2C)c2ncc(COC)n2C)n1C. The Labute approximate surface area is 169 Å². The molecule has 0 unspecified atom stereocenters. The first-order valence-electron chi connectivity index (χ1n) is 9.12. The Morgan fingerprint density at radius 1 is 0.690 bits per heavy atom. The van der Waals surface area contributed by atoms with Gasteiger partial charge in [0.15, 0.2) is 17.5 Å². The van der Waals surface area contributed by atoms with Gasteiger partial charge in [-0.05, 0) is 0 Å². The van der Waals surface area contributed by atoms with E-state index in [1.807, 2.05) is 21.1 Å². The summed E-state index contributed by atoms with van der Waals surface area (Å²) < 4.78 is 21.2. The second-order valence-corrected chi connectivity index (χ2v) is 6.91. The molecule has 0 aromatic carbocycles. The van der Waals surface area contributed by atoms with Gasteiger partial charge in [-0.1, -0.05) is 0 Å². The molecule has 158 valence electrons. The number of aliphatic hydroxyl groups is 1. The van der Waals surface area contributed by atoms with Gasteiger partial charge in [-0.3, -0.25) is 0 Å². The fraction of sp³-hybridized carbons (Fsp3) is 0.526. The molecule has 10 nitrogen and oxygen atoms in total. The van der Waals surface area contributed by atoms with E-state index in [-0.39, 0.29) is 0 Å². The maximum absolute atomic E-state index is 12.1. The first-order valence-corrected chi connectivity index (χ1v) is 9.12. The minimum absolute atomic E-state index is 0.366. The van der Waals surface area contributed by atoms with Crippen LogP contribution >= 0.6 is 0 Å². The van der Waals surface area contributed by atoms with Crippen LogP contribution in [0.1, 0.15) is 34.6 Å². The van der Waals surface area contributed by atoms with Crippen molar-refractivity contribution in [1.82, 2.24) is 28.7 Å². The number of nitrogens with zero attached hydrogens (tertiary/aromatic N) is 6. The molecule has 0 radical (unpaired) electrons. The number of rotatable bonds is 9. The third kappa shape index (κ3) is 3.48. The van der Waals surface area contributed by atoms with Crippen molar-refractivity contribution in [3.63, 3.8) is 0 Å². The average molecular weight is 404 g/mol. The Morgan fingerprint density at radius 3 is 1.21 bits per heavy atom. The van der Waals surface area contributed by atoms with Crippen molar-refractivity contribution in [1.29, 1.82) is 0 Å². The quantitative estimate of drug-likeness (QED) is 0.558. The van der Waals surface area contributed by atoms with Gasteiger partial charge in [-0.15, -0.1) is 0 Å². The number of methoxy groups -OCH3 is 3. The van der Waals surface area contributed by atoms with Crippen molar-refractivity contribution in [3.05, 3.63) is 53.1 Å². The Hall–Kier alpha value is -2.53. The first kappa shape index (κ1) is 21.2. The average Bonchev–Trinajstić information content (AvgIpc) is 3.36.